The van der Waals surface area contributed by atoms with Crippen molar-refractivity contribution < 1.29 is 18.8 Å². The van der Waals surface area contributed by atoms with Gasteiger partial charge in [0, 0.05) is 6.07 Å². The molecule has 10 heteroatoms. The minimum atomic E-state index is -0.352. The molecule has 3 aromatic rings. The average Bonchev–Trinajstić information content (AvgIpc) is 3.23. The smallest absolute Gasteiger partial charge is 0.249 e. The van der Waals surface area contributed by atoms with Crippen LogP contribution in [0.1, 0.15) is 5.76 Å². The highest BCUT2D eigenvalue weighted by molar-refractivity contribution is 5.89. The van der Waals surface area contributed by atoms with E-state index in [1.54, 1.807) is 38.3 Å². The summed E-state index contributed by atoms with van der Waals surface area (Å²) in [6, 6.07) is 6.94. The largest absolute Gasteiger partial charge is 0.493 e. The maximum absolute atomic E-state index is 12.0. The van der Waals surface area contributed by atoms with Gasteiger partial charge in [0.25, 0.3) is 0 Å². The highest BCUT2D eigenvalue weighted by atomic mass is 16.5. The fourth-order valence-electron chi connectivity index (χ4n) is 2.22. The maximum Gasteiger partial charge on any atom is 0.249 e. The lowest BCUT2D eigenvalue weighted by atomic mass is 10.2. The Balaban J connectivity index is 1.75. The normalized spacial score (nSPS) is 10.5. The monoisotopic (exact) mass is 344 g/mol. The Bertz CT molecular complexity index is 888. The van der Waals surface area contributed by atoms with Crippen molar-refractivity contribution in [2.24, 2.45) is 0 Å². The number of anilines is 1. The fourth-order valence-corrected chi connectivity index (χ4v) is 2.22. The number of hydrogen-bond donors (Lipinski definition) is 1. The van der Waals surface area contributed by atoms with Gasteiger partial charge in [0.1, 0.15) is 12.3 Å². The number of methoxy groups -OCH3 is 2. The number of aryl methyl sites for hydroxylation is 1. The number of nitrogens with zero attached hydrogens (tertiary/aromatic N) is 5. The predicted octanol–water partition coefficient (Wildman–Crippen LogP) is 1.29. The van der Waals surface area contributed by atoms with Gasteiger partial charge in [-0.15, -0.1) is 10.2 Å². The number of benzene rings is 1. The number of amides is 1. The molecule has 25 heavy (non-hydrogen) atoms. The maximum atomic E-state index is 12.0. The topological polar surface area (TPSA) is 117 Å². The molecular formula is C15H16N6O4. The van der Waals surface area contributed by atoms with Gasteiger partial charge in [-0.05, 0) is 24.3 Å². The van der Waals surface area contributed by atoms with E-state index in [1.807, 2.05) is 0 Å². The van der Waals surface area contributed by atoms with Crippen LogP contribution in [0.5, 0.6) is 11.5 Å². The Labute approximate surface area is 142 Å². The van der Waals surface area contributed by atoms with Crippen molar-refractivity contribution in [1.29, 1.82) is 0 Å². The van der Waals surface area contributed by atoms with Gasteiger partial charge in [-0.1, -0.05) is 11.2 Å². The van der Waals surface area contributed by atoms with E-state index in [0.717, 1.165) is 0 Å². The number of carbonyl (C=O) groups excluding carboxylic acids is 1. The van der Waals surface area contributed by atoms with Crippen LogP contribution in [0, 0.1) is 6.92 Å². The van der Waals surface area contributed by atoms with Crippen molar-refractivity contribution in [3.63, 3.8) is 0 Å². The molecule has 0 aliphatic rings. The van der Waals surface area contributed by atoms with Crippen LogP contribution in [0.25, 0.3) is 11.4 Å². The van der Waals surface area contributed by atoms with Crippen molar-refractivity contribution in [3.05, 3.63) is 30.0 Å². The van der Waals surface area contributed by atoms with E-state index in [2.05, 4.69) is 25.9 Å². The summed E-state index contributed by atoms with van der Waals surface area (Å²) in [6.07, 6.45) is 0. The molecule has 0 aliphatic heterocycles. The van der Waals surface area contributed by atoms with Crippen LogP contribution >= 0.6 is 0 Å². The molecule has 0 saturated carbocycles. The van der Waals surface area contributed by atoms with E-state index in [1.165, 1.54) is 11.9 Å². The van der Waals surface area contributed by atoms with E-state index in [9.17, 15) is 4.79 Å². The quantitative estimate of drug-likeness (QED) is 0.711. The molecule has 1 amide bonds. The molecule has 0 radical (unpaired) electrons. The molecule has 130 valence electrons. The van der Waals surface area contributed by atoms with Crippen LogP contribution in [0.3, 0.4) is 0 Å². The summed E-state index contributed by atoms with van der Waals surface area (Å²) in [6.45, 7) is 1.61. The van der Waals surface area contributed by atoms with Crippen molar-refractivity contribution in [3.8, 4) is 22.9 Å². The van der Waals surface area contributed by atoms with Crippen molar-refractivity contribution >= 4 is 11.7 Å². The molecule has 0 unspecified atom stereocenters. The Hall–Kier alpha value is -3.43. The molecule has 0 saturated heterocycles. The summed E-state index contributed by atoms with van der Waals surface area (Å²) >= 11 is 0. The number of rotatable bonds is 6. The predicted molar refractivity (Wildman–Crippen MR) is 86.2 cm³/mol. The van der Waals surface area contributed by atoms with E-state index in [4.69, 9.17) is 14.0 Å². The van der Waals surface area contributed by atoms with Crippen LogP contribution < -0.4 is 14.8 Å². The minimum absolute atomic E-state index is 0.120. The Morgan fingerprint density at radius 3 is 2.84 bits per heavy atom. The third-order valence-corrected chi connectivity index (χ3v) is 3.28. The molecule has 2 heterocycles. The first-order chi connectivity index (χ1) is 12.1. The number of ether oxygens (including phenoxy) is 2. The fraction of sp³-hybridized carbons (Fsp3) is 0.267. The second-order valence-electron chi connectivity index (χ2n) is 5.06. The lowest BCUT2D eigenvalue weighted by molar-refractivity contribution is -0.117. The first kappa shape index (κ1) is 16.4. The zero-order valence-electron chi connectivity index (χ0n) is 13.9. The highest BCUT2D eigenvalue weighted by Crippen LogP contribution is 2.35. The Kier molecular flexibility index (Phi) is 4.59. The van der Waals surface area contributed by atoms with Gasteiger partial charge in [0.15, 0.2) is 17.3 Å². The summed E-state index contributed by atoms with van der Waals surface area (Å²) in [5, 5.41) is 18.3. The van der Waals surface area contributed by atoms with Gasteiger partial charge in [-0.25, -0.2) is 0 Å². The van der Waals surface area contributed by atoms with Crippen LogP contribution in [-0.4, -0.2) is 45.5 Å². The molecule has 2 aromatic heterocycles. The van der Waals surface area contributed by atoms with Gasteiger partial charge in [0.05, 0.1) is 19.8 Å². The average molecular weight is 344 g/mol. The van der Waals surface area contributed by atoms with E-state index in [-0.39, 0.29) is 12.5 Å². The molecule has 3 rings (SSSR count). The zero-order valence-corrected chi connectivity index (χ0v) is 13.9. The number of hydrogen-bond acceptors (Lipinski definition) is 8. The van der Waals surface area contributed by atoms with Crippen molar-refractivity contribution in [1.82, 2.24) is 25.4 Å². The molecule has 1 aromatic carbocycles. The van der Waals surface area contributed by atoms with Gasteiger partial charge in [0.2, 0.25) is 11.7 Å². The molecular weight excluding hydrogens is 328 g/mol. The lowest BCUT2D eigenvalue weighted by Crippen LogP contribution is -2.20. The first-order valence-corrected chi connectivity index (χ1v) is 7.33. The van der Waals surface area contributed by atoms with Crippen LogP contribution in [0.2, 0.25) is 0 Å². The third-order valence-electron chi connectivity index (χ3n) is 3.28. The molecule has 0 bridgehead atoms. The summed E-state index contributed by atoms with van der Waals surface area (Å²) in [5.74, 6) is 1.94. The second kappa shape index (κ2) is 6.99. The SMILES string of the molecule is COc1cccc(-c2nnn(CC(=O)Nc3cc(C)on3)n2)c1OC. The van der Waals surface area contributed by atoms with Crippen LogP contribution in [0.15, 0.2) is 28.8 Å². The summed E-state index contributed by atoms with van der Waals surface area (Å²) in [4.78, 5) is 13.2. The zero-order chi connectivity index (χ0) is 17.8. The first-order valence-electron chi connectivity index (χ1n) is 7.33. The Morgan fingerprint density at radius 1 is 1.32 bits per heavy atom. The van der Waals surface area contributed by atoms with Gasteiger partial charge in [-0.2, -0.15) is 4.80 Å². The number of nitrogens with one attached hydrogen (secondary N) is 1. The summed E-state index contributed by atoms with van der Waals surface area (Å²) < 4.78 is 15.5. The minimum Gasteiger partial charge on any atom is -0.493 e. The molecule has 10 nitrogen and oxygen atoms in total. The molecule has 1 N–H and O–H groups in total. The van der Waals surface area contributed by atoms with Crippen LogP contribution in [-0.2, 0) is 11.3 Å². The van der Waals surface area contributed by atoms with Gasteiger partial charge in [-0.3, -0.25) is 4.79 Å². The lowest BCUT2D eigenvalue weighted by Gasteiger charge is -2.09. The van der Waals surface area contributed by atoms with Gasteiger partial charge < -0.3 is 19.3 Å². The standard InChI is InChI=1S/C15H16N6O4/c1-9-7-12(19-25-9)16-13(22)8-21-18-15(17-20-21)10-5-4-6-11(23-2)14(10)24-3/h4-7H,8H2,1-3H3,(H,16,19,22). The second-order valence-corrected chi connectivity index (χ2v) is 5.06. The van der Waals surface area contributed by atoms with E-state index >= 15 is 0 Å². The Morgan fingerprint density at radius 2 is 2.16 bits per heavy atom. The highest BCUT2D eigenvalue weighted by Gasteiger charge is 2.17. The number of para-hydroxylation sites is 1. The molecule has 0 aliphatic carbocycles. The van der Waals surface area contributed by atoms with Crippen molar-refractivity contribution in [2.45, 2.75) is 13.5 Å². The number of aromatic nitrogens is 5. The molecule has 0 fully saturated rings. The molecule has 0 atom stereocenters. The summed E-state index contributed by atoms with van der Waals surface area (Å²) in [5.41, 5.74) is 0.612. The van der Waals surface area contributed by atoms with E-state index < -0.39 is 0 Å². The number of tetrazole rings is 1. The van der Waals surface area contributed by atoms with E-state index in [0.29, 0.717) is 34.5 Å². The van der Waals surface area contributed by atoms with Gasteiger partial charge >= 0.3 is 0 Å². The third kappa shape index (κ3) is 3.57. The molecule has 0 spiro atoms. The number of carbonyl (C=O) groups is 1. The summed E-state index contributed by atoms with van der Waals surface area (Å²) in [7, 11) is 3.07. The van der Waals surface area contributed by atoms with Crippen molar-refractivity contribution in [2.75, 3.05) is 19.5 Å². The van der Waals surface area contributed by atoms with Crippen LogP contribution in [0.4, 0.5) is 5.82 Å².